The summed E-state index contributed by atoms with van der Waals surface area (Å²) in [6.07, 6.45) is 5.32. The number of methoxy groups -OCH3 is 2. The van der Waals surface area contributed by atoms with Gasteiger partial charge in [0.15, 0.2) is 5.75 Å². The molecular weight excluding hydrogens is 408 g/mol. The summed E-state index contributed by atoms with van der Waals surface area (Å²) in [5.41, 5.74) is 5.47. The maximum absolute atomic E-state index is 13.2. The molecule has 0 aliphatic carbocycles. The zero-order valence-corrected chi connectivity index (χ0v) is 18.4. The molecule has 0 saturated heterocycles. The van der Waals surface area contributed by atoms with Gasteiger partial charge in [0.25, 0.3) is 5.88 Å². The molecule has 0 fully saturated rings. The lowest BCUT2D eigenvalue weighted by Crippen LogP contribution is -2.21. The van der Waals surface area contributed by atoms with Crippen LogP contribution in [0.3, 0.4) is 0 Å². The standard InChI is InChI=1S/C23H22N6O3/c1-13-19(12-27(2)26-13)29-21-16-8-14(15-9-20(31-4)22(32-5)25-10-15)6-7-17(16)24-11-18(21)28(3)23(29)30/h6-12H,1-5H3. The SMILES string of the molecule is COc1cc(-c2ccc3ncc4c(c3c2)n(-c2cn(C)nc2C)c(=O)n4C)cnc1OC. The maximum Gasteiger partial charge on any atom is 0.333 e. The first-order chi connectivity index (χ1) is 15.4. The predicted octanol–water partition coefficient (Wildman–Crippen LogP) is 3.00. The number of aromatic nitrogens is 6. The Hall–Kier alpha value is -4.14. The Balaban J connectivity index is 1.83. The summed E-state index contributed by atoms with van der Waals surface area (Å²) in [6.45, 7) is 1.89. The van der Waals surface area contributed by atoms with E-state index < -0.39 is 0 Å². The summed E-state index contributed by atoms with van der Waals surface area (Å²) < 4.78 is 15.7. The largest absolute Gasteiger partial charge is 0.491 e. The van der Waals surface area contributed by atoms with Gasteiger partial charge in [-0.1, -0.05) is 6.07 Å². The Morgan fingerprint density at radius 1 is 0.969 bits per heavy atom. The molecule has 0 aliphatic rings. The van der Waals surface area contributed by atoms with Crippen molar-refractivity contribution < 1.29 is 9.47 Å². The first kappa shape index (κ1) is 19.8. The van der Waals surface area contributed by atoms with Crippen LogP contribution in [0.25, 0.3) is 38.8 Å². The van der Waals surface area contributed by atoms with E-state index in [2.05, 4.69) is 15.1 Å². The van der Waals surface area contributed by atoms with Crippen LogP contribution >= 0.6 is 0 Å². The minimum absolute atomic E-state index is 0.149. The fourth-order valence-corrected chi connectivity index (χ4v) is 4.10. The Morgan fingerprint density at radius 2 is 1.78 bits per heavy atom. The summed E-state index contributed by atoms with van der Waals surface area (Å²) in [6, 6.07) is 7.82. The van der Waals surface area contributed by atoms with Crippen LogP contribution < -0.4 is 15.2 Å². The lowest BCUT2D eigenvalue weighted by molar-refractivity contribution is 0.343. The molecule has 4 heterocycles. The van der Waals surface area contributed by atoms with Crippen molar-refractivity contribution in [1.82, 2.24) is 28.9 Å². The normalized spacial score (nSPS) is 11.4. The number of imidazole rings is 1. The average molecular weight is 430 g/mol. The molecule has 9 heteroatoms. The van der Waals surface area contributed by atoms with Crippen molar-refractivity contribution in [1.29, 1.82) is 0 Å². The highest BCUT2D eigenvalue weighted by Crippen LogP contribution is 2.33. The van der Waals surface area contributed by atoms with E-state index in [4.69, 9.17) is 9.47 Å². The van der Waals surface area contributed by atoms with E-state index in [-0.39, 0.29) is 5.69 Å². The molecule has 32 heavy (non-hydrogen) atoms. The number of pyridine rings is 2. The van der Waals surface area contributed by atoms with Crippen LogP contribution in [-0.2, 0) is 14.1 Å². The molecule has 4 aromatic heterocycles. The van der Waals surface area contributed by atoms with Crippen molar-refractivity contribution >= 4 is 21.9 Å². The summed E-state index contributed by atoms with van der Waals surface area (Å²) in [5, 5.41) is 5.28. The molecule has 0 unspecified atom stereocenters. The Bertz CT molecular complexity index is 1560. The van der Waals surface area contributed by atoms with Gasteiger partial charge in [0.1, 0.15) is 0 Å². The predicted molar refractivity (Wildman–Crippen MR) is 122 cm³/mol. The molecule has 0 amide bonds. The van der Waals surface area contributed by atoms with E-state index in [1.807, 2.05) is 44.4 Å². The fourth-order valence-electron chi connectivity index (χ4n) is 4.10. The summed E-state index contributed by atoms with van der Waals surface area (Å²) in [5.74, 6) is 0.967. The Labute approximate surface area is 183 Å². The molecule has 0 aliphatic heterocycles. The van der Waals surface area contributed by atoms with Gasteiger partial charge in [0.05, 0.1) is 48.3 Å². The van der Waals surface area contributed by atoms with Gasteiger partial charge in [-0.2, -0.15) is 5.10 Å². The summed E-state index contributed by atoms with van der Waals surface area (Å²) in [4.78, 5) is 22.2. The van der Waals surface area contributed by atoms with E-state index in [0.717, 1.165) is 44.4 Å². The van der Waals surface area contributed by atoms with Crippen molar-refractivity contribution in [3.63, 3.8) is 0 Å². The van der Waals surface area contributed by atoms with E-state index in [1.54, 1.807) is 47.5 Å². The smallest absolute Gasteiger partial charge is 0.333 e. The number of benzene rings is 1. The second-order valence-electron chi connectivity index (χ2n) is 7.61. The zero-order chi connectivity index (χ0) is 22.6. The molecule has 9 nitrogen and oxygen atoms in total. The monoisotopic (exact) mass is 430 g/mol. The van der Waals surface area contributed by atoms with Gasteiger partial charge in [-0.25, -0.2) is 9.78 Å². The van der Waals surface area contributed by atoms with Gasteiger partial charge in [0.2, 0.25) is 0 Å². The third kappa shape index (κ3) is 2.85. The molecule has 0 bridgehead atoms. The van der Waals surface area contributed by atoms with E-state index >= 15 is 0 Å². The lowest BCUT2D eigenvalue weighted by atomic mass is 10.0. The van der Waals surface area contributed by atoms with E-state index in [0.29, 0.717) is 11.6 Å². The first-order valence-electron chi connectivity index (χ1n) is 10.0. The van der Waals surface area contributed by atoms with Crippen LogP contribution in [0.5, 0.6) is 11.6 Å². The number of fused-ring (bicyclic) bond motifs is 3. The molecule has 0 radical (unpaired) electrons. The van der Waals surface area contributed by atoms with Crippen LogP contribution in [-0.4, -0.2) is 43.1 Å². The third-order valence-electron chi connectivity index (χ3n) is 5.68. The molecule has 162 valence electrons. The van der Waals surface area contributed by atoms with Crippen LogP contribution in [0.15, 0.2) is 47.7 Å². The number of rotatable bonds is 4. The highest BCUT2D eigenvalue weighted by Gasteiger charge is 2.19. The van der Waals surface area contributed by atoms with Gasteiger partial charge < -0.3 is 9.47 Å². The van der Waals surface area contributed by atoms with Gasteiger partial charge in [-0.3, -0.25) is 18.8 Å². The highest BCUT2D eigenvalue weighted by molar-refractivity contribution is 6.04. The van der Waals surface area contributed by atoms with Gasteiger partial charge in [0, 0.05) is 37.4 Å². The minimum atomic E-state index is -0.149. The minimum Gasteiger partial charge on any atom is -0.491 e. The molecule has 0 atom stereocenters. The number of hydrogen-bond acceptors (Lipinski definition) is 6. The third-order valence-corrected chi connectivity index (χ3v) is 5.68. The van der Waals surface area contributed by atoms with E-state index in [1.165, 1.54) is 0 Å². The van der Waals surface area contributed by atoms with Crippen molar-refractivity contribution in [2.24, 2.45) is 14.1 Å². The summed E-state index contributed by atoms with van der Waals surface area (Å²) >= 11 is 0. The van der Waals surface area contributed by atoms with E-state index in [9.17, 15) is 4.79 Å². The molecule has 0 saturated carbocycles. The van der Waals surface area contributed by atoms with Crippen molar-refractivity contribution in [3.8, 4) is 28.4 Å². The van der Waals surface area contributed by atoms with Crippen molar-refractivity contribution in [2.45, 2.75) is 6.92 Å². The van der Waals surface area contributed by atoms with Gasteiger partial charge in [-0.05, 0) is 30.7 Å². The molecule has 5 rings (SSSR count). The molecular formula is C23H22N6O3. The fraction of sp³-hybridized carbons (Fsp3) is 0.217. The second kappa shape index (κ2) is 7.23. The molecule has 5 aromatic rings. The van der Waals surface area contributed by atoms with Crippen LogP contribution in [0.2, 0.25) is 0 Å². The molecule has 0 spiro atoms. The average Bonchev–Trinajstić information content (AvgIpc) is 3.27. The second-order valence-corrected chi connectivity index (χ2v) is 7.61. The van der Waals surface area contributed by atoms with Gasteiger partial charge >= 0.3 is 5.69 Å². The number of aryl methyl sites for hydroxylation is 3. The van der Waals surface area contributed by atoms with Gasteiger partial charge in [-0.15, -0.1) is 0 Å². The lowest BCUT2D eigenvalue weighted by Gasteiger charge is -2.10. The number of hydrogen-bond donors (Lipinski definition) is 0. The zero-order valence-electron chi connectivity index (χ0n) is 18.4. The highest BCUT2D eigenvalue weighted by atomic mass is 16.5. The Morgan fingerprint density at radius 3 is 2.47 bits per heavy atom. The topological polar surface area (TPSA) is 89.0 Å². The molecule has 0 N–H and O–H groups in total. The number of ether oxygens (including phenoxy) is 2. The van der Waals surface area contributed by atoms with Crippen LogP contribution in [0, 0.1) is 6.92 Å². The quantitative estimate of drug-likeness (QED) is 0.436. The number of nitrogens with zero attached hydrogens (tertiary/aromatic N) is 6. The Kier molecular flexibility index (Phi) is 4.47. The molecule has 1 aromatic carbocycles. The van der Waals surface area contributed by atoms with Crippen molar-refractivity contribution in [3.05, 3.63) is 59.0 Å². The van der Waals surface area contributed by atoms with Crippen LogP contribution in [0.4, 0.5) is 0 Å². The van der Waals surface area contributed by atoms with Crippen LogP contribution in [0.1, 0.15) is 5.69 Å². The maximum atomic E-state index is 13.2. The first-order valence-corrected chi connectivity index (χ1v) is 10.0. The summed E-state index contributed by atoms with van der Waals surface area (Å²) in [7, 11) is 6.73. The van der Waals surface area contributed by atoms with Crippen molar-refractivity contribution in [2.75, 3.05) is 14.2 Å².